The third kappa shape index (κ3) is 2.05. The van der Waals surface area contributed by atoms with E-state index < -0.39 is 5.41 Å². The lowest BCUT2D eigenvalue weighted by molar-refractivity contribution is -0.146. The van der Waals surface area contributed by atoms with Crippen molar-refractivity contribution in [2.45, 2.75) is 66.2 Å². The molecular formula is C19H28O2. The summed E-state index contributed by atoms with van der Waals surface area (Å²) < 4.78 is 0. The molecule has 0 aromatic rings. The molecule has 2 saturated carbocycles. The van der Waals surface area contributed by atoms with E-state index in [9.17, 15) is 9.59 Å². The van der Waals surface area contributed by atoms with Gasteiger partial charge in [0.1, 0.15) is 11.6 Å². The predicted octanol–water partition coefficient (Wildman–Crippen LogP) is 4.33. The number of hydrogen-bond acceptors (Lipinski definition) is 2. The van der Waals surface area contributed by atoms with E-state index in [2.05, 4.69) is 33.8 Å². The highest BCUT2D eigenvalue weighted by atomic mass is 16.1. The minimum atomic E-state index is -0.424. The summed E-state index contributed by atoms with van der Waals surface area (Å²) >= 11 is 0. The molecule has 2 heteroatoms. The maximum absolute atomic E-state index is 13.3. The number of hydrogen-bond donors (Lipinski definition) is 0. The summed E-state index contributed by atoms with van der Waals surface area (Å²) in [4.78, 5) is 25.7. The Hall–Kier alpha value is -0.920. The Labute approximate surface area is 128 Å². The van der Waals surface area contributed by atoms with E-state index in [-0.39, 0.29) is 17.3 Å². The lowest BCUT2D eigenvalue weighted by Gasteiger charge is -2.42. The van der Waals surface area contributed by atoms with Crippen molar-refractivity contribution in [1.82, 2.24) is 0 Å². The highest BCUT2D eigenvalue weighted by molar-refractivity contribution is 5.95. The largest absolute Gasteiger partial charge is 0.299 e. The van der Waals surface area contributed by atoms with Gasteiger partial charge < -0.3 is 0 Å². The van der Waals surface area contributed by atoms with Gasteiger partial charge in [-0.2, -0.15) is 0 Å². The first-order valence-electron chi connectivity index (χ1n) is 8.55. The standard InChI is InChI=1S/C19H28O2/c1-12-14-9-7-13(18(14,2)3)8-10-15-16(20)6-5-11-19(15,4)17(12)21/h8,12,14-15H,5-7,9-11H2,1-4H3/b13-8+/t12-,14?,15+,19-/m1/s1. The van der Waals surface area contributed by atoms with Crippen LogP contribution in [0.2, 0.25) is 0 Å². The Kier molecular flexibility index (Phi) is 3.42. The highest BCUT2D eigenvalue weighted by Crippen LogP contribution is 2.55. The van der Waals surface area contributed by atoms with Crippen LogP contribution in [-0.4, -0.2) is 11.6 Å². The van der Waals surface area contributed by atoms with Gasteiger partial charge in [0.05, 0.1) is 0 Å². The van der Waals surface area contributed by atoms with Crippen molar-refractivity contribution >= 4 is 11.6 Å². The van der Waals surface area contributed by atoms with Crippen LogP contribution in [0.4, 0.5) is 0 Å². The molecule has 0 heterocycles. The highest BCUT2D eigenvalue weighted by Gasteiger charge is 2.53. The summed E-state index contributed by atoms with van der Waals surface area (Å²) in [5, 5.41) is 0. The zero-order valence-corrected chi connectivity index (χ0v) is 13.9. The van der Waals surface area contributed by atoms with Crippen LogP contribution in [0, 0.1) is 28.6 Å². The molecule has 0 aromatic carbocycles. The topological polar surface area (TPSA) is 34.1 Å². The Morgan fingerprint density at radius 1 is 1.14 bits per heavy atom. The van der Waals surface area contributed by atoms with Crippen molar-refractivity contribution in [2.24, 2.45) is 28.6 Å². The number of fused-ring (bicyclic) bond motifs is 3. The molecule has 2 bridgehead atoms. The van der Waals surface area contributed by atoms with Gasteiger partial charge in [0, 0.05) is 23.7 Å². The minimum Gasteiger partial charge on any atom is -0.299 e. The molecular weight excluding hydrogens is 260 g/mol. The zero-order chi connectivity index (χ0) is 15.4. The average molecular weight is 288 g/mol. The second kappa shape index (κ2) is 4.79. The van der Waals surface area contributed by atoms with E-state index in [1.165, 1.54) is 5.57 Å². The van der Waals surface area contributed by atoms with Gasteiger partial charge in [0.15, 0.2) is 0 Å². The molecule has 2 fully saturated rings. The smallest absolute Gasteiger partial charge is 0.142 e. The normalized spacial score (nSPS) is 45.1. The molecule has 2 nitrogen and oxygen atoms in total. The molecule has 4 atom stereocenters. The zero-order valence-electron chi connectivity index (χ0n) is 13.9. The van der Waals surface area contributed by atoms with Crippen LogP contribution in [0.5, 0.6) is 0 Å². The second-order valence-corrected chi connectivity index (χ2v) is 8.27. The molecule has 3 aliphatic carbocycles. The Morgan fingerprint density at radius 3 is 2.57 bits per heavy atom. The van der Waals surface area contributed by atoms with E-state index >= 15 is 0 Å². The van der Waals surface area contributed by atoms with Gasteiger partial charge in [-0.3, -0.25) is 9.59 Å². The van der Waals surface area contributed by atoms with Crippen LogP contribution in [-0.2, 0) is 9.59 Å². The molecule has 0 radical (unpaired) electrons. The quantitative estimate of drug-likeness (QED) is 0.622. The molecule has 0 N–H and O–H groups in total. The van der Waals surface area contributed by atoms with Gasteiger partial charge in [-0.1, -0.05) is 39.3 Å². The molecule has 3 aliphatic rings. The molecule has 0 amide bonds. The van der Waals surface area contributed by atoms with Gasteiger partial charge in [-0.25, -0.2) is 0 Å². The summed E-state index contributed by atoms with van der Waals surface area (Å²) in [7, 11) is 0. The fourth-order valence-corrected chi connectivity index (χ4v) is 5.46. The molecule has 116 valence electrons. The molecule has 1 unspecified atom stereocenters. The average Bonchev–Trinajstić information content (AvgIpc) is 2.71. The van der Waals surface area contributed by atoms with E-state index in [1.807, 2.05) is 0 Å². The summed E-state index contributed by atoms with van der Waals surface area (Å²) in [6.07, 6.45) is 7.76. The van der Waals surface area contributed by atoms with E-state index in [0.29, 0.717) is 23.9 Å². The van der Waals surface area contributed by atoms with Crippen LogP contribution in [0.3, 0.4) is 0 Å². The predicted molar refractivity (Wildman–Crippen MR) is 83.8 cm³/mol. The van der Waals surface area contributed by atoms with Crippen LogP contribution in [0.25, 0.3) is 0 Å². The van der Waals surface area contributed by atoms with Crippen LogP contribution >= 0.6 is 0 Å². The van der Waals surface area contributed by atoms with Gasteiger partial charge in [0.2, 0.25) is 0 Å². The van der Waals surface area contributed by atoms with E-state index in [0.717, 1.165) is 32.1 Å². The summed E-state index contributed by atoms with van der Waals surface area (Å²) in [5.74, 6) is 1.10. The Balaban J connectivity index is 2.09. The molecule has 3 rings (SSSR count). The minimum absolute atomic E-state index is 0.0717. The third-order valence-electron chi connectivity index (χ3n) is 6.94. The van der Waals surface area contributed by atoms with Crippen LogP contribution < -0.4 is 0 Å². The number of rotatable bonds is 0. The first-order chi connectivity index (χ1) is 9.78. The summed E-state index contributed by atoms with van der Waals surface area (Å²) in [6, 6.07) is 0. The fraction of sp³-hybridized carbons (Fsp3) is 0.789. The molecule has 0 aliphatic heterocycles. The van der Waals surface area contributed by atoms with Crippen molar-refractivity contribution in [3.63, 3.8) is 0 Å². The fourth-order valence-electron chi connectivity index (χ4n) is 5.46. The number of carbonyl (C=O) groups excluding carboxylic acids is 2. The van der Waals surface area contributed by atoms with Crippen molar-refractivity contribution in [1.29, 1.82) is 0 Å². The van der Waals surface area contributed by atoms with Crippen molar-refractivity contribution in [3.8, 4) is 0 Å². The first-order valence-corrected chi connectivity index (χ1v) is 8.55. The first kappa shape index (κ1) is 15.0. The third-order valence-corrected chi connectivity index (χ3v) is 6.94. The van der Waals surface area contributed by atoms with Crippen molar-refractivity contribution in [2.75, 3.05) is 0 Å². The molecule has 0 aromatic heterocycles. The van der Waals surface area contributed by atoms with Gasteiger partial charge in [-0.15, -0.1) is 0 Å². The lowest BCUT2D eigenvalue weighted by Crippen LogP contribution is -2.47. The maximum Gasteiger partial charge on any atom is 0.142 e. The maximum atomic E-state index is 13.3. The number of allylic oxidation sites excluding steroid dienone is 2. The van der Waals surface area contributed by atoms with Crippen molar-refractivity contribution in [3.05, 3.63) is 11.6 Å². The van der Waals surface area contributed by atoms with Gasteiger partial charge in [-0.05, 0) is 43.4 Å². The number of Topliss-reactive ketones (excluding diaryl/α,β-unsaturated/α-hetero) is 2. The molecule has 0 saturated heterocycles. The van der Waals surface area contributed by atoms with Crippen molar-refractivity contribution < 1.29 is 9.59 Å². The Morgan fingerprint density at radius 2 is 1.86 bits per heavy atom. The van der Waals surface area contributed by atoms with Gasteiger partial charge in [0.25, 0.3) is 0 Å². The Bertz CT molecular complexity index is 514. The van der Waals surface area contributed by atoms with E-state index in [4.69, 9.17) is 0 Å². The lowest BCUT2D eigenvalue weighted by atomic mass is 9.59. The van der Waals surface area contributed by atoms with Crippen LogP contribution in [0.15, 0.2) is 11.6 Å². The summed E-state index contributed by atoms with van der Waals surface area (Å²) in [5.41, 5.74) is 1.17. The number of ketones is 2. The van der Waals surface area contributed by atoms with Gasteiger partial charge >= 0.3 is 0 Å². The van der Waals surface area contributed by atoms with E-state index in [1.54, 1.807) is 0 Å². The molecule has 21 heavy (non-hydrogen) atoms. The molecule has 0 spiro atoms. The number of carbonyl (C=O) groups is 2. The SMILES string of the molecule is C[C@H]1C(=O)[C@]2(C)CCCC(=O)[C@@H]2C/C=C2\CCC1C2(C)C. The van der Waals surface area contributed by atoms with Crippen LogP contribution in [0.1, 0.15) is 66.2 Å². The second-order valence-electron chi connectivity index (χ2n) is 8.27. The monoisotopic (exact) mass is 288 g/mol. The summed E-state index contributed by atoms with van der Waals surface area (Å²) in [6.45, 7) is 8.77.